The quantitative estimate of drug-likeness (QED) is 0.690. The van der Waals surface area contributed by atoms with Gasteiger partial charge in [-0.05, 0) is 24.7 Å². The summed E-state index contributed by atoms with van der Waals surface area (Å²) in [6, 6.07) is 0. The van der Waals surface area contributed by atoms with Crippen LogP contribution in [0.3, 0.4) is 0 Å². The standard InChI is InChI=1S/C11H23NO/c1-4-11(8-12)7-5-6-10(2,3)9(11)13/h9,13H,4-8,12H2,1-3H3. The Morgan fingerprint density at radius 1 is 1.38 bits per heavy atom. The van der Waals surface area contributed by atoms with Crippen molar-refractivity contribution in [2.45, 2.75) is 52.6 Å². The molecule has 0 heterocycles. The first kappa shape index (κ1) is 11.0. The van der Waals surface area contributed by atoms with Gasteiger partial charge in [-0.3, -0.25) is 0 Å². The van der Waals surface area contributed by atoms with Gasteiger partial charge in [0.1, 0.15) is 0 Å². The Morgan fingerprint density at radius 3 is 2.38 bits per heavy atom. The topological polar surface area (TPSA) is 46.2 Å². The molecule has 1 rings (SSSR count). The van der Waals surface area contributed by atoms with E-state index < -0.39 is 0 Å². The van der Waals surface area contributed by atoms with E-state index in [9.17, 15) is 5.11 Å². The molecule has 2 heteroatoms. The van der Waals surface area contributed by atoms with Gasteiger partial charge in [-0.25, -0.2) is 0 Å². The summed E-state index contributed by atoms with van der Waals surface area (Å²) >= 11 is 0. The van der Waals surface area contributed by atoms with E-state index in [4.69, 9.17) is 5.73 Å². The van der Waals surface area contributed by atoms with Crippen molar-refractivity contribution >= 4 is 0 Å². The van der Waals surface area contributed by atoms with Crippen LogP contribution in [0.15, 0.2) is 0 Å². The fraction of sp³-hybridized carbons (Fsp3) is 1.00. The molecule has 0 aromatic heterocycles. The average Bonchev–Trinajstić information content (AvgIpc) is 2.10. The minimum absolute atomic E-state index is 0.0122. The summed E-state index contributed by atoms with van der Waals surface area (Å²) in [6.45, 7) is 7.05. The molecule has 2 unspecified atom stereocenters. The van der Waals surface area contributed by atoms with Gasteiger partial charge >= 0.3 is 0 Å². The lowest BCUT2D eigenvalue weighted by molar-refractivity contribution is -0.0903. The van der Waals surface area contributed by atoms with Crippen molar-refractivity contribution < 1.29 is 5.11 Å². The van der Waals surface area contributed by atoms with E-state index in [2.05, 4.69) is 20.8 Å². The molecule has 13 heavy (non-hydrogen) atoms. The number of aliphatic hydroxyl groups is 1. The lowest BCUT2D eigenvalue weighted by Gasteiger charge is -2.49. The monoisotopic (exact) mass is 185 g/mol. The number of hydrogen-bond donors (Lipinski definition) is 2. The van der Waals surface area contributed by atoms with E-state index >= 15 is 0 Å². The van der Waals surface area contributed by atoms with E-state index in [1.54, 1.807) is 0 Å². The van der Waals surface area contributed by atoms with Crippen molar-refractivity contribution in [1.82, 2.24) is 0 Å². The van der Waals surface area contributed by atoms with Crippen molar-refractivity contribution in [1.29, 1.82) is 0 Å². The summed E-state index contributed by atoms with van der Waals surface area (Å²) in [5.41, 5.74) is 5.84. The van der Waals surface area contributed by atoms with Crippen LogP contribution in [0.5, 0.6) is 0 Å². The molecule has 2 nitrogen and oxygen atoms in total. The molecule has 1 aliphatic carbocycles. The molecular formula is C11H23NO. The van der Waals surface area contributed by atoms with E-state index in [-0.39, 0.29) is 16.9 Å². The second-order valence-corrected chi connectivity index (χ2v) is 5.16. The Balaban J connectivity index is 2.85. The van der Waals surface area contributed by atoms with Crippen molar-refractivity contribution in [3.63, 3.8) is 0 Å². The molecule has 1 saturated carbocycles. The molecule has 0 saturated heterocycles. The fourth-order valence-corrected chi connectivity index (χ4v) is 2.73. The molecule has 0 bridgehead atoms. The number of aliphatic hydroxyl groups excluding tert-OH is 1. The number of nitrogens with two attached hydrogens (primary N) is 1. The lowest BCUT2D eigenvalue weighted by atomic mass is 9.60. The van der Waals surface area contributed by atoms with Gasteiger partial charge in [0, 0.05) is 12.0 Å². The normalized spacial score (nSPS) is 39.0. The Morgan fingerprint density at radius 2 is 2.00 bits per heavy atom. The van der Waals surface area contributed by atoms with E-state index in [1.807, 2.05) is 0 Å². The fourth-order valence-electron chi connectivity index (χ4n) is 2.73. The molecule has 78 valence electrons. The van der Waals surface area contributed by atoms with Crippen LogP contribution >= 0.6 is 0 Å². The van der Waals surface area contributed by atoms with Crippen LogP contribution in [0.25, 0.3) is 0 Å². The van der Waals surface area contributed by atoms with E-state index in [0.717, 1.165) is 19.3 Å². The van der Waals surface area contributed by atoms with Gasteiger partial charge in [-0.2, -0.15) is 0 Å². The molecule has 0 aromatic carbocycles. The van der Waals surface area contributed by atoms with Gasteiger partial charge in [0.05, 0.1) is 6.10 Å². The maximum Gasteiger partial charge on any atom is 0.0659 e. The van der Waals surface area contributed by atoms with Crippen molar-refractivity contribution in [3.05, 3.63) is 0 Å². The minimum atomic E-state index is -0.233. The van der Waals surface area contributed by atoms with Crippen molar-refractivity contribution in [2.24, 2.45) is 16.6 Å². The molecule has 1 fully saturated rings. The highest BCUT2D eigenvalue weighted by atomic mass is 16.3. The predicted octanol–water partition coefficient (Wildman–Crippen LogP) is 1.91. The smallest absolute Gasteiger partial charge is 0.0659 e. The van der Waals surface area contributed by atoms with E-state index in [1.165, 1.54) is 6.42 Å². The predicted molar refractivity (Wildman–Crippen MR) is 55.4 cm³/mol. The third-order valence-corrected chi connectivity index (χ3v) is 3.93. The number of rotatable bonds is 2. The Kier molecular flexibility index (Phi) is 3.03. The van der Waals surface area contributed by atoms with Crippen LogP contribution in [-0.2, 0) is 0 Å². The van der Waals surface area contributed by atoms with Crippen molar-refractivity contribution in [2.75, 3.05) is 6.54 Å². The first-order valence-corrected chi connectivity index (χ1v) is 5.37. The lowest BCUT2D eigenvalue weighted by Crippen LogP contribution is -2.51. The first-order chi connectivity index (χ1) is 5.98. The number of hydrogen-bond acceptors (Lipinski definition) is 2. The first-order valence-electron chi connectivity index (χ1n) is 5.37. The summed E-state index contributed by atoms with van der Waals surface area (Å²) in [6.07, 6.45) is 4.17. The summed E-state index contributed by atoms with van der Waals surface area (Å²) in [5, 5.41) is 10.3. The molecule has 1 aliphatic rings. The van der Waals surface area contributed by atoms with Crippen LogP contribution < -0.4 is 5.73 Å². The van der Waals surface area contributed by atoms with Crippen LogP contribution in [0.4, 0.5) is 0 Å². The van der Waals surface area contributed by atoms with Crippen molar-refractivity contribution in [3.8, 4) is 0 Å². The highest BCUT2D eigenvalue weighted by molar-refractivity contribution is 4.98. The van der Waals surface area contributed by atoms with Crippen LogP contribution in [0, 0.1) is 10.8 Å². The average molecular weight is 185 g/mol. The summed E-state index contributed by atoms with van der Waals surface area (Å²) in [7, 11) is 0. The summed E-state index contributed by atoms with van der Waals surface area (Å²) in [4.78, 5) is 0. The molecule has 0 radical (unpaired) electrons. The zero-order valence-electron chi connectivity index (χ0n) is 9.14. The molecule has 0 aliphatic heterocycles. The second kappa shape index (κ2) is 3.58. The SMILES string of the molecule is CCC1(CN)CCCC(C)(C)C1O. The molecule has 0 aromatic rings. The highest BCUT2D eigenvalue weighted by Gasteiger charge is 2.46. The van der Waals surface area contributed by atoms with Gasteiger partial charge < -0.3 is 10.8 Å². The van der Waals surface area contributed by atoms with Gasteiger partial charge in [-0.1, -0.05) is 27.2 Å². The summed E-state index contributed by atoms with van der Waals surface area (Å²) < 4.78 is 0. The van der Waals surface area contributed by atoms with E-state index in [0.29, 0.717) is 6.54 Å². The zero-order chi connectivity index (χ0) is 10.1. The molecule has 2 atom stereocenters. The van der Waals surface area contributed by atoms with Gasteiger partial charge in [0.15, 0.2) is 0 Å². The Hall–Kier alpha value is -0.0800. The molecular weight excluding hydrogens is 162 g/mol. The van der Waals surface area contributed by atoms with Crippen LogP contribution in [-0.4, -0.2) is 17.8 Å². The Bertz CT molecular complexity index is 173. The highest BCUT2D eigenvalue weighted by Crippen LogP contribution is 2.47. The van der Waals surface area contributed by atoms with Gasteiger partial charge in [0.25, 0.3) is 0 Å². The molecule has 0 spiro atoms. The van der Waals surface area contributed by atoms with Gasteiger partial charge in [-0.15, -0.1) is 0 Å². The van der Waals surface area contributed by atoms with Crippen LogP contribution in [0.2, 0.25) is 0 Å². The largest absolute Gasteiger partial charge is 0.392 e. The maximum absolute atomic E-state index is 10.3. The molecule has 0 amide bonds. The third-order valence-electron chi connectivity index (χ3n) is 3.93. The third kappa shape index (κ3) is 1.75. The maximum atomic E-state index is 10.3. The second-order valence-electron chi connectivity index (χ2n) is 5.16. The van der Waals surface area contributed by atoms with Crippen LogP contribution in [0.1, 0.15) is 46.5 Å². The Labute approximate surface area is 81.5 Å². The minimum Gasteiger partial charge on any atom is -0.392 e. The zero-order valence-corrected chi connectivity index (χ0v) is 9.14. The molecule has 3 N–H and O–H groups in total. The van der Waals surface area contributed by atoms with Gasteiger partial charge in [0.2, 0.25) is 0 Å². The summed E-state index contributed by atoms with van der Waals surface area (Å²) in [5.74, 6) is 0.